The van der Waals surface area contributed by atoms with Gasteiger partial charge in [0.25, 0.3) is 5.91 Å². The summed E-state index contributed by atoms with van der Waals surface area (Å²) in [6.45, 7) is 0.304. The van der Waals surface area contributed by atoms with Crippen LogP contribution in [0.25, 0.3) is 11.1 Å². The van der Waals surface area contributed by atoms with Gasteiger partial charge in [-0.05, 0) is 65.1 Å². The van der Waals surface area contributed by atoms with Gasteiger partial charge in [-0.25, -0.2) is 9.18 Å². The number of carbonyl (C=O) groups is 3. The highest BCUT2D eigenvalue weighted by molar-refractivity contribution is 5.97. The molecule has 4 aromatic rings. The van der Waals surface area contributed by atoms with Crippen LogP contribution in [0.15, 0.2) is 103 Å². The van der Waals surface area contributed by atoms with Gasteiger partial charge >= 0.3 is 5.97 Å². The van der Waals surface area contributed by atoms with E-state index in [-0.39, 0.29) is 31.8 Å². The highest BCUT2D eigenvalue weighted by atomic mass is 19.1. The molecule has 0 aliphatic carbocycles. The minimum Gasteiger partial charge on any atom is -0.489 e. The largest absolute Gasteiger partial charge is 0.489 e. The van der Waals surface area contributed by atoms with Gasteiger partial charge in [0.1, 0.15) is 24.2 Å². The molecule has 0 spiro atoms. The Morgan fingerprint density at radius 3 is 2.05 bits per heavy atom. The Morgan fingerprint density at radius 2 is 1.45 bits per heavy atom. The average molecular weight is 541 g/mol. The molecule has 3 N–H and O–H groups in total. The molecule has 0 fully saturated rings. The number of nitrogens with two attached hydrogens (primary N) is 1. The summed E-state index contributed by atoms with van der Waals surface area (Å²) in [4.78, 5) is 38.3. The molecule has 0 heterocycles. The van der Waals surface area contributed by atoms with Crippen LogP contribution in [-0.2, 0) is 22.7 Å². The van der Waals surface area contributed by atoms with Gasteiger partial charge in [-0.3, -0.25) is 9.59 Å². The number of hydrogen-bond acceptors (Lipinski definition) is 4. The lowest BCUT2D eigenvalue weighted by atomic mass is 10.0. The predicted molar refractivity (Wildman–Crippen MR) is 149 cm³/mol. The third-order valence-electron chi connectivity index (χ3n) is 6.40. The molecule has 4 rings (SSSR count). The van der Waals surface area contributed by atoms with Crippen LogP contribution in [0.4, 0.5) is 4.39 Å². The van der Waals surface area contributed by atoms with Crippen molar-refractivity contribution in [1.82, 2.24) is 4.90 Å². The number of carbonyl (C=O) groups excluding carboxylic acids is 2. The number of amides is 2. The number of ether oxygens (including phenoxy) is 1. The molecule has 1 atom stereocenters. The Balaban J connectivity index is 1.49. The lowest BCUT2D eigenvalue weighted by molar-refractivity contribution is -0.143. The first-order chi connectivity index (χ1) is 19.3. The number of primary amides is 1. The highest BCUT2D eigenvalue weighted by Crippen LogP contribution is 2.25. The molecule has 0 aromatic heterocycles. The van der Waals surface area contributed by atoms with Crippen molar-refractivity contribution in [3.05, 3.63) is 126 Å². The summed E-state index contributed by atoms with van der Waals surface area (Å²) in [5.74, 6) is -1.99. The van der Waals surface area contributed by atoms with Crippen LogP contribution in [-0.4, -0.2) is 33.8 Å². The number of halogens is 1. The van der Waals surface area contributed by atoms with Gasteiger partial charge in [0.2, 0.25) is 5.91 Å². The van der Waals surface area contributed by atoms with E-state index in [2.05, 4.69) is 0 Å². The summed E-state index contributed by atoms with van der Waals surface area (Å²) in [6, 6.07) is 28.3. The van der Waals surface area contributed by atoms with E-state index in [9.17, 15) is 23.9 Å². The maximum Gasteiger partial charge on any atom is 0.326 e. The summed E-state index contributed by atoms with van der Waals surface area (Å²) in [7, 11) is 0. The SMILES string of the molecule is NC(=O)CC[C@@H](C(=O)O)N(Cc1ccccc1)C(=O)c1ccc(-c2ccc(OCc3cccc(F)c3)cc2)cc1. The van der Waals surface area contributed by atoms with Gasteiger partial charge < -0.3 is 20.5 Å². The zero-order valence-electron chi connectivity index (χ0n) is 21.7. The fourth-order valence-electron chi connectivity index (χ4n) is 4.30. The average Bonchev–Trinajstić information content (AvgIpc) is 2.96. The lowest BCUT2D eigenvalue weighted by Gasteiger charge is -2.29. The molecule has 8 heteroatoms. The van der Waals surface area contributed by atoms with Crippen LogP contribution in [0.1, 0.15) is 34.3 Å². The van der Waals surface area contributed by atoms with Crippen LogP contribution in [0.5, 0.6) is 5.75 Å². The van der Waals surface area contributed by atoms with E-state index in [1.165, 1.54) is 17.0 Å². The zero-order chi connectivity index (χ0) is 28.5. The van der Waals surface area contributed by atoms with Gasteiger partial charge in [0.05, 0.1) is 0 Å². The molecule has 2 amide bonds. The van der Waals surface area contributed by atoms with Crippen molar-refractivity contribution in [1.29, 1.82) is 0 Å². The third-order valence-corrected chi connectivity index (χ3v) is 6.40. The normalized spacial score (nSPS) is 11.4. The minimum absolute atomic E-state index is 0.0637. The van der Waals surface area contributed by atoms with Crippen molar-refractivity contribution >= 4 is 17.8 Å². The van der Waals surface area contributed by atoms with Crippen LogP contribution in [0.2, 0.25) is 0 Å². The first-order valence-corrected chi connectivity index (χ1v) is 12.7. The van der Waals surface area contributed by atoms with Gasteiger partial charge in [0.15, 0.2) is 0 Å². The number of benzene rings is 4. The molecule has 0 bridgehead atoms. The van der Waals surface area contributed by atoms with Gasteiger partial charge in [0, 0.05) is 18.5 Å². The second kappa shape index (κ2) is 13.2. The summed E-state index contributed by atoms with van der Waals surface area (Å²) in [5.41, 5.74) is 8.81. The monoisotopic (exact) mass is 540 g/mol. The van der Waals surface area contributed by atoms with Crippen LogP contribution < -0.4 is 10.5 Å². The number of aliphatic carboxylic acids is 1. The van der Waals surface area contributed by atoms with Crippen molar-refractivity contribution in [3.63, 3.8) is 0 Å². The smallest absolute Gasteiger partial charge is 0.326 e. The van der Waals surface area contributed by atoms with E-state index in [1.807, 2.05) is 54.6 Å². The van der Waals surface area contributed by atoms with Crippen LogP contribution in [0, 0.1) is 5.82 Å². The van der Waals surface area contributed by atoms with Crippen molar-refractivity contribution in [2.24, 2.45) is 5.73 Å². The molecule has 7 nitrogen and oxygen atoms in total. The maximum absolute atomic E-state index is 13.5. The molecule has 0 aliphatic heterocycles. The zero-order valence-corrected chi connectivity index (χ0v) is 21.7. The van der Waals surface area contributed by atoms with Crippen LogP contribution >= 0.6 is 0 Å². The molecular weight excluding hydrogens is 511 g/mol. The van der Waals surface area contributed by atoms with E-state index < -0.39 is 23.8 Å². The molecule has 0 saturated heterocycles. The standard InChI is InChI=1S/C32H29FN2O5/c33-27-8-4-7-23(19-27)21-40-28-15-13-25(14-16-28)24-9-11-26(12-10-24)31(37)35(20-22-5-2-1-3-6-22)29(32(38)39)17-18-30(34)36/h1-16,19,29H,17-18,20-21H2,(H2,34,36)(H,38,39)/t29-/m0/s1. The van der Waals surface area contributed by atoms with E-state index in [0.717, 1.165) is 22.3 Å². The summed E-state index contributed by atoms with van der Waals surface area (Å²) < 4.78 is 19.1. The second-order valence-corrected chi connectivity index (χ2v) is 9.30. The third kappa shape index (κ3) is 7.54. The predicted octanol–water partition coefficient (Wildman–Crippen LogP) is 5.43. The Morgan fingerprint density at radius 1 is 0.825 bits per heavy atom. The highest BCUT2D eigenvalue weighted by Gasteiger charge is 2.30. The summed E-state index contributed by atoms with van der Waals surface area (Å²) in [6.07, 6.45) is -0.245. The number of carboxylic acids is 1. The Labute approximate surface area is 231 Å². The molecule has 0 aliphatic rings. The van der Waals surface area contributed by atoms with E-state index in [1.54, 1.807) is 36.4 Å². The molecule has 0 radical (unpaired) electrons. The number of carboxylic acid groups (broad SMARTS) is 1. The van der Waals surface area contributed by atoms with E-state index in [0.29, 0.717) is 11.3 Å². The maximum atomic E-state index is 13.5. The summed E-state index contributed by atoms with van der Waals surface area (Å²) in [5, 5.41) is 9.89. The topological polar surface area (TPSA) is 110 Å². The molecule has 4 aromatic carbocycles. The van der Waals surface area contributed by atoms with Gasteiger partial charge in [-0.1, -0.05) is 66.7 Å². The van der Waals surface area contributed by atoms with Crippen LogP contribution in [0.3, 0.4) is 0 Å². The Kier molecular flexibility index (Phi) is 9.25. The summed E-state index contributed by atoms with van der Waals surface area (Å²) >= 11 is 0. The van der Waals surface area contributed by atoms with Crippen molar-refractivity contribution in [2.75, 3.05) is 0 Å². The fourth-order valence-corrected chi connectivity index (χ4v) is 4.30. The first kappa shape index (κ1) is 28.0. The number of hydrogen-bond donors (Lipinski definition) is 2. The first-order valence-electron chi connectivity index (χ1n) is 12.7. The van der Waals surface area contributed by atoms with Crippen molar-refractivity contribution < 1.29 is 28.6 Å². The van der Waals surface area contributed by atoms with E-state index in [4.69, 9.17) is 10.5 Å². The molecule has 204 valence electrons. The van der Waals surface area contributed by atoms with E-state index >= 15 is 0 Å². The molecular formula is C32H29FN2O5. The van der Waals surface area contributed by atoms with Gasteiger partial charge in [-0.15, -0.1) is 0 Å². The Bertz CT molecular complexity index is 1460. The minimum atomic E-state index is -1.22. The van der Waals surface area contributed by atoms with Crippen molar-refractivity contribution in [2.45, 2.75) is 32.0 Å². The lowest BCUT2D eigenvalue weighted by Crippen LogP contribution is -2.45. The number of nitrogens with zero attached hydrogens (tertiary/aromatic N) is 1. The number of rotatable bonds is 12. The molecule has 0 saturated carbocycles. The molecule has 40 heavy (non-hydrogen) atoms. The Hall–Kier alpha value is -4.98. The quantitative estimate of drug-likeness (QED) is 0.249. The molecule has 0 unspecified atom stereocenters. The van der Waals surface area contributed by atoms with Gasteiger partial charge in [-0.2, -0.15) is 0 Å². The fraction of sp³-hybridized carbons (Fsp3) is 0.156. The van der Waals surface area contributed by atoms with Crippen molar-refractivity contribution in [3.8, 4) is 16.9 Å². The second-order valence-electron chi connectivity index (χ2n) is 9.30.